The Labute approximate surface area is 105 Å². The van der Waals surface area contributed by atoms with Crippen LogP contribution in [0, 0.1) is 6.92 Å². The molecule has 0 atom stereocenters. The van der Waals surface area contributed by atoms with Gasteiger partial charge in [0.05, 0.1) is 10.6 Å². The zero-order chi connectivity index (χ0) is 13.2. The number of hydrogen-bond acceptors (Lipinski definition) is 5. The molecule has 0 saturated carbocycles. The summed E-state index contributed by atoms with van der Waals surface area (Å²) in [6.45, 7) is 2.07. The highest BCUT2D eigenvalue weighted by Crippen LogP contribution is 2.15. The number of nitrogens with one attached hydrogen (secondary N) is 1. The molecule has 0 amide bonds. The van der Waals surface area contributed by atoms with Gasteiger partial charge in [0.2, 0.25) is 0 Å². The van der Waals surface area contributed by atoms with Gasteiger partial charge < -0.3 is 10.2 Å². The lowest BCUT2D eigenvalue weighted by atomic mass is 10.2. The van der Waals surface area contributed by atoms with Crippen molar-refractivity contribution in [3.8, 4) is 0 Å². The maximum Gasteiger partial charge on any atom is 0.309 e. The van der Waals surface area contributed by atoms with Crippen molar-refractivity contribution in [3.63, 3.8) is 0 Å². The van der Waals surface area contributed by atoms with E-state index in [0.717, 1.165) is 5.56 Å². The molecule has 96 valence electrons. The van der Waals surface area contributed by atoms with Gasteiger partial charge in [-0.2, -0.15) is 4.98 Å². The lowest BCUT2D eigenvalue weighted by Gasteiger charge is -2.05. The van der Waals surface area contributed by atoms with Crippen molar-refractivity contribution in [1.82, 2.24) is 4.98 Å². The fourth-order valence-corrected chi connectivity index (χ4v) is 2.32. The lowest BCUT2D eigenvalue weighted by molar-refractivity contribution is 0.569. The summed E-state index contributed by atoms with van der Waals surface area (Å²) in [4.78, 5) is 4.01. The summed E-state index contributed by atoms with van der Waals surface area (Å²) in [5.74, 6) is 0. The molecule has 0 radical (unpaired) electrons. The number of benzene rings is 1. The number of aryl methyl sites for hydroxylation is 1. The molecule has 0 aliphatic carbocycles. The van der Waals surface area contributed by atoms with Crippen LogP contribution in [0.4, 0.5) is 6.01 Å². The topological polar surface area (TPSA) is 98.2 Å². The third-order valence-electron chi connectivity index (χ3n) is 2.31. The molecule has 0 spiro atoms. The van der Waals surface area contributed by atoms with Crippen molar-refractivity contribution < 1.29 is 12.8 Å². The van der Waals surface area contributed by atoms with Crippen LogP contribution < -0.4 is 10.5 Å². The minimum absolute atomic E-state index is 0.0459. The number of hydrogen-bond donors (Lipinski definition) is 2. The predicted octanol–water partition coefficient (Wildman–Crippen LogP) is 1.24. The van der Waals surface area contributed by atoms with Crippen LogP contribution >= 0.6 is 0 Å². The van der Waals surface area contributed by atoms with E-state index in [1.165, 1.54) is 18.4 Å². The Kier molecular flexibility index (Phi) is 3.35. The Morgan fingerprint density at radius 1 is 1.33 bits per heavy atom. The molecule has 0 bridgehead atoms. The van der Waals surface area contributed by atoms with Gasteiger partial charge >= 0.3 is 6.01 Å². The quantitative estimate of drug-likeness (QED) is 0.868. The minimum Gasteiger partial charge on any atom is -0.431 e. The standard InChI is InChI=1S/C11H13N3O3S/c1-8-7-17-11(13-8)14-18(15,16)10-4-2-9(6-12)3-5-10/h2-5,7H,6,12H2,1H3,(H,13,14). The van der Waals surface area contributed by atoms with Crippen LogP contribution in [0.5, 0.6) is 0 Å². The molecule has 0 unspecified atom stereocenters. The molecule has 2 rings (SSSR count). The molecule has 1 aromatic heterocycles. The van der Waals surface area contributed by atoms with Crippen molar-refractivity contribution in [1.29, 1.82) is 0 Å². The first-order chi connectivity index (χ1) is 8.51. The molecule has 2 aromatic rings. The van der Waals surface area contributed by atoms with E-state index in [0.29, 0.717) is 12.2 Å². The molecule has 1 aromatic carbocycles. The summed E-state index contributed by atoms with van der Waals surface area (Å²) in [6, 6.07) is 6.25. The van der Waals surface area contributed by atoms with E-state index in [1.807, 2.05) is 0 Å². The van der Waals surface area contributed by atoms with Gasteiger partial charge in [-0.05, 0) is 24.6 Å². The van der Waals surface area contributed by atoms with Crippen LogP contribution in [0.25, 0.3) is 0 Å². The van der Waals surface area contributed by atoms with E-state index in [2.05, 4.69) is 9.71 Å². The highest BCUT2D eigenvalue weighted by Gasteiger charge is 2.16. The van der Waals surface area contributed by atoms with Crippen molar-refractivity contribution in [2.24, 2.45) is 5.73 Å². The fourth-order valence-electron chi connectivity index (χ4n) is 1.38. The van der Waals surface area contributed by atoms with E-state index >= 15 is 0 Å². The zero-order valence-electron chi connectivity index (χ0n) is 9.75. The third kappa shape index (κ3) is 2.69. The molecular formula is C11H13N3O3S. The molecule has 1 heterocycles. The van der Waals surface area contributed by atoms with E-state index in [9.17, 15) is 8.42 Å². The van der Waals surface area contributed by atoms with Crippen LogP contribution in [0.2, 0.25) is 0 Å². The van der Waals surface area contributed by atoms with Gasteiger partial charge in [-0.3, -0.25) is 0 Å². The smallest absolute Gasteiger partial charge is 0.309 e. The number of aromatic nitrogens is 1. The maximum absolute atomic E-state index is 12.0. The van der Waals surface area contributed by atoms with Gasteiger partial charge in [0.15, 0.2) is 0 Å². The summed E-state index contributed by atoms with van der Waals surface area (Å²) >= 11 is 0. The first kappa shape index (κ1) is 12.6. The largest absolute Gasteiger partial charge is 0.431 e. The summed E-state index contributed by atoms with van der Waals surface area (Å²) in [5, 5.41) is 0. The summed E-state index contributed by atoms with van der Waals surface area (Å²) in [7, 11) is -3.67. The van der Waals surface area contributed by atoms with Crippen molar-refractivity contribution >= 4 is 16.0 Å². The van der Waals surface area contributed by atoms with E-state index in [-0.39, 0.29) is 10.9 Å². The van der Waals surface area contributed by atoms with Crippen LogP contribution in [0.3, 0.4) is 0 Å². The molecular weight excluding hydrogens is 254 g/mol. The van der Waals surface area contributed by atoms with Crippen LogP contribution in [0.15, 0.2) is 39.8 Å². The molecule has 18 heavy (non-hydrogen) atoms. The van der Waals surface area contributed by atoms with Crippen LogP contribution in [-0.4, -0.2) is 13.4 Å². The maximum atomic E-state index is 12.0. The molecule has 0 aliphatic rings. The van der Waals surface area contributed by atoms with Gasteiger partial charge in [-0.1, -0.05) is 12.1 Å². The number of oxazole rings is 1. The van der Waals surface area contributed by atoms with Crippen molar-refractivity contribution in [2.75, 3.05) is 4.72 Å². The van der Waals surface area contributed by atoms with Gasteiger partial charge in [-0.15, -0.1) is 0 Å². The van der Waals surface area contributed by atoms with E-state index < -0.39 is 10.0 Å². The Balaban J connectivity index is 2.24. The minimum atomic E-state index is -3.67. The van der Waals surface area contributed by atoms with Gasteiger partial charge in [0, 0.05) is 6.54 Å². The first-order valence-corrected chi connectivity index (χ1v) is 6.73. The molecule has 7 heteroatoms. The normalized spacial score (nSPS) is 11.4. The first-order valence-electron chi connectivity index (χ1n) is 5.25. The summed E-state index contributed by atoms with van der Waals surface area (Å²) < 4.78 is 31.1. The third-order valence-corrected chi connectivity index (χ3v) is 3.65. The summed E-state index contributed by atoms with van der Waals surface area (Å²) in [5.41, 5.74) is 6.91. The van der Waals surface area contributed by atoms with E-state index in [4.69, 9.17) is 10.2 Å². The summed E-state index contributed by atoms with van der Waals surface area (Å²) in [6.07, 6.45) is 1.37. The second-order valence-corrected chi connectivity index (χ2v) is 5.43. The second-order valence-electron chi connectivity index (χ2n) is 3.75. The monoisotopic (exact) mass is 267 g/mol. The number of sulfonamides is 1. The van der Waals surface area contributed by atoms with Crippen LogP contribution in [0.1, 0.15) is 11.3 Å². The predicted molar refractivity (Wildman–Crippen MR) is 66.4 cm³/mol. The Morgan fingerprint density at radius 2 is 2.00 bits per heavy atom. The molecule has 0 fully saturated rings. The van der Waals surface area contributed by atoms with Crippen LogP contribution in [-0.2, 0) is 16.6 Å². The van der Waals surface area contributed by atoms with Gasteiger partial charge in [-0.25, -0.2) is 13.1 Å². The zero-order valence-corrected chi connectivity index (χ0v) is 10.6. The number of nitrogens with two attached hydrogens (primary N) is 1. The highest BCUT2D eigenvalue weighted by atomic mass is 32.2. The molecule has 3 N–H and O–H groups in total. The SMILES string of the molecule is Cc1coc(NS(=O)(=O)c2ccc(CN)cc2)n1. The Bertz CT molecular complexity index is 632. The van der Waals surface area contributed by atoms with Crippen molar-refractivity contribution in [2.45, 2.75) is 18.4 Å². The average Bonchev–Trinajstić information content (AvgIpc) is 2.74. The van der Waals surface area contributed by atoms with Crippen molar-refractivity contribution in [3.05, 3.63) is 41.8 Å². The molecule has 0 aliphatic heterocycles. The van der Waals surface area contributed by atoms with Gasteiger partial charge in [0.1, 0.15) is 6.26 Å². The highest BCUT2D eigenvalue weighted by molar-refractivity contribution is 7.92. The Morgan fingerprint density at radius 3 is 2.50 bits per heavy atom. The lowest BCUT2D eigenvalue weighted by Crippen LogP contribution is -2.13. The number of anilines is 1. The van der Waals surface area contributed by atoms with E-state index in [1.54, 1.807) is 19.1 Å². The second kappa shape index (κ2) is 4.79. The average molecular weight is 267 g/mol. The Hall–Kier alpha value is -1.86. The van der Waals surface area contributed by atoms with Gasteiger partial charge in [0.25, 0.3) is 10.0 Å². The molecule has 6 nitrogen and oxygen atoms in total. The number of nitrogens with zero attached hydrogens (tertiary/aromatic N) is 1. The molecule has 0 saturated heterocycles. The fraction of sp³-hybridized carbons (Fsp3) is 0.182. The number of rotatable bonds is 4.